The van der Waals surface area contributed by atoms with Crippen LogP contribution in [0.2, 0.25) is 0 Å². The van der Waals surface area contributed by atoms with Crippen LogP contribution in [0.25, 0.3) is 10.9 Å². The van der Waals surface area contributed by atoms with Crippen LogP contribution in [-0.4, -0.2) is 17.3 Å². The summed E-state index contributed by atoms with van der Waals surface area (Å²) >= 11 is 0. The normalized spacial score (nSPS) is 19.2. The molecule has 1 unspecified atom stereocenters. The Balaban J connectivity index is 1.80. The first-order valence-corrected chi connectivity index (χ1v) is 6.47. The van der Waals surface area contributed by atoms with Crippen LogP contribution in [0.4, 0.5) is 0 Å². The van der Waals surface area contributed by atoms with Gasteiger partial charge in [0.2, 0.25) is 0 Å². The molecule has 1 saturated heterocycles. The Hall–Kier alpha value is -1.79. The van der Waals surface area contributed by atoms with Crippen molar-refractivity contribution >= 4 is 10.9 Å². The summed E-state index contributed by atoms with van der Waals surface area (Å²) in [5.74, 6) is 0. The Labute approximate surface area is 107 Å². The van der Waals surface area contributed by atoms with E-state index >= 15 is 0 Å². The monoisotopic (exact) mass is 240 g/mol. The summed E-state index contributed by atoms with van der Waals surface area (Å²) in [5, 5.41) is 10.1. The van der Waals surface area contributed by atoms with E-state index in [4.69, 9.17) is 10.00 Å². The van der Waals surface area contributed by atoms with Crippen molar-refractivity contribution in [1.29, 1.82) is 5.26 Å². The van der Waals surface area contributed by atoms with Crippen LogP contribution in [0, 0.1) is 11.3 Å². The van der Waals surface area contributed by atoms with Gasteiger partial charge in [0.25, 0.3) is 0 Å². The molecule has 3 rings (SSSR count). The summed E-state index contributed by atoms with van der Waals surface area (Å²) in [6, 6.07) is 10.1. The zero-order valence-corrected chi connectivity index (χ0v) is 10.3. The Morgan fingerprint density at radius 3 is 3.11 bits per heavy atom. The molecule has 0 aliphatic carbocycles. The number of hydrogen-bond acceptors (Lipinski definition) is 2. The molecule has 3 nitrogen and oxygen atoms in total. The molecular weight excluding hydrogens is 224 g/mol. The summed E-state index contributed by atoms with van der Waals surface area (Å²) in [6.07, 6.45) is 5.95. The molecule has 2 aromatic rings. The van der Waals surface area contributed by atoms with E-state index in [0.29, 0.717) is 6.10 Å². The number of hydrogen-bond donors (Lipinski definition) is 0. The molecule has 1 aromatic heterocycles. The van der Waals surface area contributed by atoms with Crippen molar-refractivity contribution in [3.8, 4) is 6.07 Å². The van der Waals surface area contributed by atoms with E-state index in [-0.39, 0.29) is 0 Å². The van der Waals surface area contributed by atoms with Gasteiger partial charge in [-0.2, -0.15) is 5.26 Å². The first-order chi connectivity index (χ1) is 8.86. The average Bonchev–Trinajstić information content (AvgIpc) is 3.05. The lowest BCUT2D eigenvalue weighted by Crippen LogP contribution is -2.09. The molecule has 0 amide bonds. The number of nitriles is 1. The van der Waals surface area contributed by atoms with Gasteiger partial charge in [-0.15, -0.1) is 0 Å². The van der Waals surface area contributed by atoms with Crippen LogP contribution >= 0.6 is 0 Å². The van der Waals surface area contributed by atoms with E-state index in [0.717, 1.165) is 30.7 Å². The second kappa shape index (κ2) is 4.83. The molecule has 3 heteroatoms. The third-order valence-corrected chi connectivity index (χ3v) is 3.62. The molecule has 1 atom stereocenters. The summed E-state index contributed by atoms with van der Waals surface area (Å²) in [7, 11) is 0. The maximum absolute atomic E-state index is 8.95. The first-order valence-electron chi connectivity index (χ1n) is 6.47. The molecule has 0 radical (unpaired) electrons. The van der Waals surface area contributed by atoms with Crippen molar-refractivity contribution in [3.05, 3.63) is 36.0 Å². The lowest BCUT2D eigenvalue weighted by molar-refractivity contribution is 0.101. The third kappa shape index (κ3) is 2.12. The van der Waals surface area contributed by atoms with Gasteiger partial charge in [-0.25, -0.2) is 0 Å². The van der Waals surface area contributed by atoms with E-state index in [9.17, 15) is 0 Å². The van der Waals surface area contributed by atoms with Gasteiger partial charge in [0.15, 0.2) is 0 Å². The fourth-order valence-electron chi connectivity index (χ4n) is 2.60. The molecule has 2 heterocycles. The largest absolute Gasteiger partial charge is 0.378 e. The van der Waals surface area contributed by atoms with E-state index in [1.807, 2.05) is 18.2 Å². The zero-order chi connectivity index (χ0) is 12.4. The van der Waals surface area contributed by atoms with Crippen LogP contribution in [0.5, 0.6) is 0 Å². The van der Waals surface area contributed by atoms with Gasteiger partial charge in [-0.05, 0) is 42.8 Å². The van der Waals surface area contributed by atoms with E-state index < -0.39 is 0 Å². The highest BCUT2D eigenvalue weighted by Crippen LogP contribution is 2.20. The predicted octanol–water partition coefficient (Wildman–Crippen LogP) is 3.08. The third-order valence-electron chi connectivity index (χ3n) is 3.62. The van der Waals surface area contributed by atoms with Gasteiger partial charge in [-0.3, -0.25) is 0 Å². The Bertz CT molecular complexity index is 588. The van der Waals surface area contributed by atoms with Crippen molar-refractivity contribution in [1.82, 2.24) is 4.57 Å². The second-order valence-corrected chi connectivity index (χ2v) is 4.82. The van der Waals surface area contributed by atoms with Crippen molar-refractivity contribution in [2.75, 3.05) is 6.61 Å². The maximum Gasteiger partial charge on any atom is 0.0992 e. The highest BCUT2D eigenvalue weighted by molar-refractivity contribution is 5.81. The van der Waals surface area contributed by atoms with Crippen molar-refractivity contribution < 1.29 is 4.74 Å². The minimum atomic E-state index is 0.418. The number of benzene rings is 1. The van der Waals surface area contributed by atoms with Crippen molar-refractivity contribution in [2.24, 2.45) is 0 Å². The zero-order valence-electron chi connectivity index (χ0n) is 10.3. The molecule has 0 spiro atoms. The lowest BCUT2D eigenvalue weighted by Gasteiger charge is -2.10. The topological polar surface area (TPSA) is 38.0 Å². The van der Waals surface area contributed by atoms with Gasteiger partial charge in [-0.1, -0.05) is 6.07 Å². The minimum Gasteiger partial charge on any atom is -0.378 e. The molecule has 0 saturated carbocycles. The lowest BCUT2D eigenvalue weighted by atomic mass is 10.1. The Morgan fingerprint density at radius 1 is 1.39 bits per heavy atom. The average molecular weight is 240 g/mol. The van der Waals surface area contributed by atoms with Gasteiger partial charge < -0.3 is 9.30 Å². The number of rotatable bonds is 3. The van der Waals surface area contributed by atoms with E-state index in [1.54, 1.807) is 0 Å². The Kier molecular flexibility index (Phi) is 3.04. The van der Waals surface area contributed by atoms with Gasteiger partial charge in [0, 0.05) is 24.9 Å². The standard InChI is InChI=1S/C15H16N2O/c16-11-12-3-4-13-5-7-17(15(13)10-12)8-6-14-2-1-9-18-14/h3-5,7,10,14H,1-2,6,8-9H2. The van der Waals surface area contributed by atoms with Gasteiger partial charge in [0.05, 0.1) is 17.7 Å². The SMILES string of the molecule is N#Cc1ccc2ccn(CCC3CCCO3)c2c1. The van der Waals surface area contributed by atoms with Crippen LogP contribution in [0.3, 0.4) is 0 Å². The number of nitrogens with zero attached hydrogens (tertiary/aromatic N) is 2. The fraction of sp³-hybridized carbons (Fsp3) is 0.400. The van der Waals surface area contributed by atoms with E-state index in [2.05, 4.69) is 22.9 Å². The quantitative estimate of drug-likeness (QED) is 0.826. The highest BCUT2D eigenvalue weighted by Gasteiger charge is 2.15. The number of aryl methyl sites for hydroxylation is 1. The fourth-order valence-corrected chi connectivity index (χ4v) is 2.60. The molecule has 0 bridgehead atoms. The number of ether oxygens (including phenoxy) is 1. The molecular formula is C15H16N2O. The maximum atomic E-state index is 8.95. The van der Waals surface area contributed by atoms with Crippen LogP contribution < -0.4 is 0 Å². The molecule has 1 aromatic carbocycles. The minimum absolute atomic E-state index is 0.418. The molecule has 92 valence electrons. The molecule has 1 aliphatic rings. The molecule has 1 fully saturated rings. The summed E-state index contributed by atoms with van der Waals surface area (Å²) < 4.78 is 7.86. The summed E-state index contributed by atoms with van der Waals surface area (Å²) in [6.45, 7) is 1.87. The van der Waals surface area contributed by atoms with Crippen molar-refractivity contribution in [3.63, 3.8) is 0 Å². The van der Waals surface area contributed by atoms with Gasteiger partial charge >= 0.3 is 0 Å². The second-order valence-electron chi connectivity index (χ2n) is 4.82. The highest BCUT2D eigenvalue weighted by atomic mass is 16.5. The van der Waals surface area contributed by atoms with Crippen LogP contribution in [0.15, 0.2) is 30.5 Å². The first kappa shape index (κ1) is 11.3. The molecule has 0 N–H and O–H groups in total. The summed E-state index contributed by atoms with van der Waals surface area (Å²) in [5.41, 5.74) is 1.87. The van der Waals surface area contributed by atoms with Crippen LogP contribution in [-0.2, 0) is 11.3 Å². The van der Waals surface area contributed by atoms with Crippen molar-refractivity contribution in [2.45, 2.75) is 31.9 Å². The summed E-state index contributed by atoms with van der Waals surface area (Å²) in [4.78, 5) is 0. The number of aromatic nitrogens is 1. The molecule has 18 heavy (non-hydrogen) atoms. The number of fused-ring (bicyclic) bond motifs is 1. The van der Waals surface area contributed by atoms with Gasteiger partial charge in [0.1, 0.15) is 0 Å². The predicted molar refractivity (Wildman–Crippen MR) is 70.2 cm³/mol. The van der Waals surface area contributed by atoms with Crippen LogP contribution in [0.1, 0.15) is 24.8 Å². The smallest absolute Gasteiger partial charge is 0.0992 e. The Morgan fingerprint density at radius 2 is 2.33 bits per heavy atom. The van der Waals surface area contributed by atoms with E-state index in [1.165, 1.54) is 18.2 Å². The molecule has 1 aliphatic heterocycles.